The van der Waals surface area contributed by atoms with Crippen molar-refractivity contribution in [1.29, 1.82) is 0 Å². The summed E-state index contributed by atoms with van der Waals surface area (Å²) in [4.78, 5) is 14.0. The number of nitrogens with zero attached hydrogens (tertiary/aromatic N) is 2. The fraction of sp³-hybridized carbons (Fsp3) is 0.692. The lowest BCUT2D eigenvalue weighted by Gasteiger charge is -2.28. The van der Waals surface area contributed by atoms with E-state index in [0.29, 0.717) is 31.6 Å². The van der Waals surface area contributed by atoms with Crippen molar-refractivity contribution in [2.75, 3.05) is 13.1 Å². The van der Waals surface area contributed by atoms with E-state index in [1.807, 2.05) is 6.07 Å². The van der Waals surface area contributed by atoms with Gasteiger partial charge in [0, 0.05) is 24.2 Å². The second-order valence-corrected chi connectivity index (χ2v) is 5.94. The molecule has 2 rings (SSSR count). The first-order valence-corrected chi connectivity index (χ1v) is 6.41. The number of carbonyl (C=O) groups excluding carboxylic acids is 1. The number of carbonyl (C=O) groups is 1. The quantitative estimate of drug-likeness (QED) is 0.790. The Labute approximate surface area is 107 Å². The Kier molecular flexibility index (Phi) is 3.43. The Morgan fingerprint density at radius 1 is 1.44 bits per heavy atom. The lowest BCUT2D eigenvalue weighted by Crippen LogP contribution is -2.40. The van der Waals surface area contributed by atoms with Gasteiger partial charge in [0.15, 0.2) is 0 Å². The van der Waals surface area contributed by atoms with Crippen LogP contribution in [0, 0.1) is 0 Å². The van der Waals surface area contributed by atoms with E-state index in [9.17, 15) is 9.90 Å². The minimum absolute atomic E-state index is 0.0381. The SMILES string of the molecule is CC(C)(C)c1cc(C(=O)N2CCC(O)CC2)n[nH]1. The van der Waals surface area contributed by atoms with Crippen molar-refractivity contribution in [2.24, 2.45) is 0 Å². The van der Waals surface area contributed by atoms with E-state index in [4.69, 9.17) is 0 Å². The zero-order valence-corrected chi connectivity index (χ0v) is 11.2. The lowest BCUT2D eigenvalue weighted by molar-refractivity contribution is 0.0541. The number of aliphatic hydroxyl groups is 1. The topological polar surface area (TPSA) is 69.2 Å². The predicted molar refractivity (Wildman–Crippen MR) is 68.4 cm³/mol. The maximum atomic E-state index is 12.2. The molecule has 1 aromatic rings. The normalized spacial score (nSPS) is 18.1. The first-order valence-electron chi connectivity index (χ1n) is 6.41. The molecule has 0 atom stereocenters. The Morgan fingerprint density at radius 3 is 2.56 bits per heavy atom. The molecule has 5 heteroatoms. The van der Waals surface area contributed by atoms with Crippen LogP contribution in [0.3, 0.4) is 0 Å². The number of H-pyrrole nitrogens is 1. The molecule has 0 radical (unpaired) electrons. The van der Waals surface area contributed by atoms with Crippen LogP contribution in [0.25, 0.3) is 0 Å². The number of hydrogen-bond donors (Lipinski definition) is 2. The number of amides is 1. The molecule has 0 bridgehead atoms. The van der Waals surface area contributed by atoms with Gasteiger partial charge < -0.3 is 10.0 Å². The molecule has 0 aliphatic carbocycles. The van der Waals surface area contributed by atoms with Crippen molar-refractivity contribution < 1.29 is 9.90 Å². The van der Waals surface area contributed by atoms with E-state index in [1.165, 1.54) is 0 Å². The second-order valence-electron chi connectivity index (χ2n) is 5.94. The number of rotatable bonds is 1. The zero-order chi connectivity index (χ0) is 13.3. The minimum Gasteiger partial charge on any atom is -0.393 e. The summed E-state index contributed by atoms with van der Waals surface area (Å²) < 4.78 is 0. The molecular formula is C13H21N3O2. The largest absolute Gasteiger partial charge is 0.393 e. The molecule has 0 saturated carbocycles. The summed E-state index contributed by atoms with van der Waals surface area (Å²) in [5.74, 6) is -0.0475. The van der Waals surface area contributed by atoms with Crippen molar-refractivity contribution in [2.45, 2.75) is 45.1 Å². The number of aliphatic hydroxyl groups excluding tert-OH is 1. The number of aromatic nitrogens is 2. The highest BCUT2D eigenvalue weighted by atomic mass is 16.3. The van der Waals surface area contributed by atoms with Gasteiger partial charge >= 0.3 is 0 Å². The van der Waals surface area contributed by atoms with Crippen LogP contribution in [0.4, 0.5) is 0 Å². The van der Waals surface area contributed by atoms with Crippen LogP contribution in [0.1, 0.15) is 49.8 Å². The number of piperidine rings is 1. The van der Waals surface area contributed by atoms with Gasteiger partial charge in [0.25, 0.3) is 5.91 Å². The highest BCUT2D eigenvalue weighted by Gasteiger charge is 2.25. The van der Waals surface area contributed by atoms with E-state index in [2.05, 4.69) is 31.0 Å². The summed E-state index contributed by atoms with van der Waals surface area (Å²) in [6, 6.07) is 1.83. The highest BCUT2D eigenvalue weighted by Crippen LogP contribution is 2.21. The third kappa shape index (κ3) is 2.72. The maximum absolute atomic E-state index is 12.2. The molecule has 1 amide bonds. The summed E-state index contributed by atoms with van der Waals surface area (Å²) in [5.41, 5.74) is 1.39. The smallest absolute Gasteiger partial charge is 0.274 e. The van der Waals surface area contributed by atoms with E-state index < -0.39 is 0 Å². The fourth-order valence-corrected chi connectivity index (χ4v) is 2.05. The predicted octanol–water partition coefficient (Wildman–Crippen LogP) is 1.30. The van der Waals surface area contributed by atoms with Crippen LogP contribution in [0.15, 0.2) is 6.07 Å². The zero-order valence-electron chi connectivity index (χ0n) is 11.2. The lowest BCUT2D eigenvalue weighted by atomic mass is 9.92. The average molecular weight is 251 g/mol. The van der Waals surface area contributed by atoms with Gasteiger partial charge in [-0.3, -0.25) is 9.89 Å². The molecule has 1 fully saturated rings. The number of likely N-dealkylation sites (tertiary alicyclic amines) is 1. The fourth-order valence-electron chi connectivity index (χ4n) is 2.05. The van der Waals surface area contributed by atoms with Crippen molar-refractivity contribution in [3.63, 3.8) is 0 Å². The molecule has 1 aliphatic rings. The van der Waals surface area contributed by atoms with Gasteiger partial charge in [-0.25, -0.2) is 0 Å². The first kappa shape index (κ1) is 13.1. The highest BCUT2D eigenvalue weighted by molar-refractivity contribution is 5.92. The van der Waals surface area contributed by atoms with Crippen LogP contribution >= 0.6 is 0 Å². The molecule has 100 valence electrons. The third-order valence-corrected chi connectivity index (χ3v) is 3.36. The van der Waals surface area contributed by atoms with E-state index in [1.54, 1.807) is 4.90 Å². The van der Waals surface area contributed by atoms with Gasteiger partial charge in [-0.1, -0.05) is 20.8 Å². The van der Waals surface area contributed by atoms with Gasteiger partial charge in [-0.15, -0.1) is 0 Å². The molecule has 0 aromatic carbocycles. The summed E-state index contributed by atoms with van der Waals surface area (Å²) in [5, 5.41) is 16.5. The third-order valence-electron chi connectivity index (χ3n) is 3.36. The van der Waals surface area contributed by atoms with Crippen LogP contribution in [0.5, 0.6) is 0 Å². The van der Waals surface area contributed by atoms with Gasteiger partial charge in [-0.2, -0.15) is 5.10 Å². The Hall–Kier alpha value is -1.36. The van der Waals surface area contributed by atoms with Crippen LogP contribution in [0.2, 0.25) is 0 Å². The van der Waals surface area contributed by atoms with E-state index >= 15 is 0 Å². The van der Waals surface area contributed by atoms with E-state index in [0.717, 1.165) is 5.69 Å². The summed E-state index contributed by atoms with van der Waals surface area (Å²) >= 11 is 0. The Morgan fingerprint density at radius 2 is 2.06 bits per heavy atom. The number of nitrogens with one attached hydrogen (secondary N) is 1. The molecule has 1 aliphatic heterocycles. The van der Waals surface area contributed by atoms with Gasteiger partial charge in [-0.05, 0) is 18.9 Å². The maximum Gasteiger partial charge on any atom is 0.274 e. The molecule has 0 spiro atoms. The average Bonchev–Trinajstić information content (AvgIpc) is 2.78. The van der Waals surface area contributed by atoms with Gasteiger partial charge in [0.05, 0.1) is 6.10 Å². The molecule has 2 N–H and O–H groups in total. The van der Waals surface area contributed by atoms with Crippen molar-refractivity contribution in [3.05, 3.63) is 17.5 Å². The van der Waals surface area contributed by atoms with Crippen molar-refractivity contribution in [1.82, 2.24) is 15.1 Å². The van der Waals surface area contributed by atoms with E-state index in [-0.39, 0.29) is 17.4 Å². The van der Waals surface area contributed by atoms with Gasteiger partial charge in [0.2, 0.25) is 0 Å². The molecular weight excluding hydrogens is 230 g/mol. The minimum atomic E-state index is -0.265. The van der Waals surface area contributed by atoms with Crippen LogP contribution < -0.4 is 0 Å². The summed E-state index contributed by atoms with van der Waals surface area (Å²) in [7, 11) is 0. The van der Waals surface area contributed by atoms with Crippen LogP contribution in [-0.4, -0.2) is 45.3 Å². The molecule has 1 aromatic heterocycles. The molecule has 0 unspecified atom stereocenters. The Bertz CT molecular complexity index is 426. The monoisotopic (exact) mass is 251 g/mol. The van der Waals surface area contributed by atoms with Crippen molar-refractivity contribution >= 4 is 5.91 Å². The molecule has 2 heterocycles. The number of aromatic amines is 1. The van der Waals surface area contributed by atoms with Gasteiger partial charge in [0.1, 0.15) is 5.69 Å². The Balaban J connectivity index is 2.07. The molecule has 5 nitrogen and oxygen atoms in total. The standard InChI is InChI=1S/C13H21N3O2/c1-13(2,3)11-8-10(14-15-11)12(18)16-6-4-9(17)5-7-16/h8-9,17H,4-7H2,1-3H3,(H,14,15). The first-order chi connectivity index (χ1) is 8.38. The number of hydrogen-bond acceptors (Lipinski definition) is 3. The second kappa shape index (κ2) is 4.72. The summed E-state index contributed by atoms with van der Waals surface area (Å²) in [6.07, 6.45) is 1.04. The molecule has 18 heavy (non-hydrogen) atoms. The van der Waals surface area contributed by atoms with Crippen LogP contribution in [-0.2, 0) is 5.41 Å². The summed E-state index contributed by atoms with van der Waals surface area (Å²) in [6.45, 7) is 7.44. The van der Waals surface area contributed by atoms with Crippen molar-refractivity contribution in [3.8, 4) is 0 Å². The molecule has 1 saturated heterocycles.